The number of fused-ring (bicyclic) bond motifs is 1. The first-order valence-electron chi connectivity index (χ1n) is 4.63. The predicted molar refractivity (Wildman–Crippen MR) is 62.6 cm³/mol. The third kappa shape index (κ3) is 1.66. The first-order chi connectivity index (χ1) is 7.63. The maximum Gasteiger partial charge on any atom is 0.259 e. The van der Waals surface area contributed by atoms with Gasteiger partial charge >= 0.3 is 0 Å². The van der Waals surface area contributed by atoms with Gasteiger partial charge in [0, 0.05) is 9.79 Å². The summed E-state index contributed by atoms with van der Waals surface area (Å²) in [6.45, 7) is 3.92. The Labute approximate surface area is 94.6 Å². The van der Waals surface area contributed by atoms with Crippen molar-refractivity contribution in [2.24, 2.45) is 5.11 Å². The topological polar surface area (TPSA) is 94.5 Å². The molecule has 0 saturated carbocycles. The van der Waals surface area contributed by atoms with Crippen LogP contribution in [0.4, 0.5) is 0 Å². The highest BCUT2D eigenvalue weighted by Gasteiger charge is 2.10. The Morgan fingerprint density at radius 2 is 2.31 bits per heavy atom. The molecule has 0 bridgehead atoms. The van der Waals surface area contributed by atoms with Gasteiger partial charge in [-0.25, -0.2) is 4.98 Å². The van der Waals surface area contributed by atoms with Crippen molar-refractivity contribution in [3.63, 3.8) is 0 Å². The van der Waals surface area contributed by atoms with E-state index in [1.165, 1.54) is 11.3 Å². The van der Waals surface area contributed by atoms with E-state index in [1.807, 2.05) is 13.8 Å². The van der Waals surface area contributed by atoms with E-state index in [0.29, 0.717) is 16.0 Å². The standard InChI is InChI=1S/C9H9N5OS/c1-4-5(2)16-9-7(4)8(15)12-6(13-9)3-11-14-10/h3H2,1-2H3,(H,12,13,15). The smallest absolute Gasteiger partial charge is 0.259 e. The van der Waals surface area contributed by atoms with Crippen molar-refractivity contribution in [3.05, 3.63) is 37.1 Å². The number of hydrogen-bond acceptors (Lipinski definition) is 4. The van der Waals surface area contributed by atoms with E-state index < -0.39 is 0 Å². The Balaban J connectivity index is 2.68. The normalized spacial score (nSPS) is 10.4. The van der Waals surface area contributed by atoms with E-state index in [9.17, 15) is 4.79 Å². The molecule has 0 spiro atoms. The monoisotopic (exact) mass is 235 g/mol. The molecule has 0 saturated heterocycles. The number of aromatic nitrogens is 2. The van der Waals surface area contributed by atoms with Crippen LogP contribution in [0.2, 0.25) is 0 Å². The second-order valence-corrected chi connectivity index (χ2v) is 4.57. The molecule has 0 aliphatic rings. The number of thiophene rings is 1. The molecule has 2 aromatic rings. The SMILES string of the molecule is Cc1sc2nc(CN=[N+]=[N-])[nH]c(=O)c2c1C. The zero-order chi connectivity index (χ0) is 11.7. The van der Waals surface area contributed by atoms with E-state index in [2.05, 4.69) is 20.0 Å². The number of hydrogen-bond donors (Lipinski definition) is 1. The van der Waals surface area contributed by atoms with Gasteiger partial charge < -0.3 is 4.98 Å². The third-order valence-corrected chi connectivity index (χ3v) is 3.47. The van der Waals surface area contributed by atoms with Gasteiger partial charge in [-0.15, -0.1) is 11.3 Å². The summed E-state index contributed by atoms with van der Waals surface area (Å²) < 4.78 is 0. The second kappa shape index (κ2) is 3.96. The summed E-state index contributed by atoms with van der Waals surface area (Å²) in [7, 11) is 0. The van der Waals surface area contributed by atoms with Gasteiger partial charge in [0.2, 0.25) is 0 Å². The highest BCUT2D eigenvalue weighted by molar-refractivity contribution is 7.18. The lowest BCUT2D eigenvalue weighted by atomic mass is 10.2. The van der Waals surface area contributed by atoms with Crippen LogP contribution in [0, 0.1) is 13.8 Å². The van der Waals surface area contributed by atoms with Crippen LogP contribution >= 0.6 is 11.3 Å². The molecule has 0 aliphatic carbocycles. The number of H-pyrrole nitrogens is 1. The summed E-state index contributed by atoms with van der Waals surface area (Å²) >= 11 is 1.47. The third-order valence-electron chi connectivity index (χ3n) is 2.37. The highest BCUT2D eigenvalue weighted by Crippen LogP contribution is 2.25. The molecule has 0 fully saturated rings. The first kappa shape index (κ1) is 10.7. The van der Waals surface area contributed by atoms with Crippen LogP contribution < -0.4 is 5.56 Å². The molecule has 2 heterocycles. The van der Waals surface area contributed by atoms with Crippen molar-refractivity contribution in [1.29, 1.82) is 0 Å². The van der Waals surface area contributed by atoms with Gasteiger partial charge in [-0.05, 0) is 24.9 Å². The lowest BCUT2D eigenvalue weighted by Crippen LogP contribution is -2.10. The molecular formula is C9H9N5OS. The first-order valence-corrected chi connectivity index (χ1v) is 5.45. The Bertz CT molecular complexity index is 650. The van der Waals surface area contributed by atoms with E-state index in [4.69, 9.17) is 5.53 Å². The molecule has 0 radical (unpaired) electrons. The van der Waals surface area contributed by atoms with Gasteiger partial charge in [0.05, 0.1) is 11.9 Å². The number of rotatable bonds is 2. The van der Waals surface area contributed by atoms with Crippen LogP contribution in [0.15, 0.2) is 9.91 Å². The van der Waals surface area contributed by atoms with Crippen LogP contribution in [-0.4, -0.2) is 9.97 Å². The maximum absolute atomic E-state index is 11.8. The van der Waals surface area contributed by atoms with E-state index in [0.717, 1.165) is 10.4 Å². The molecular weight excluding hydrogens is 226 g/mol. The molecule has 0 aliphatic heterocycles. The zero-order valence-corrected chi connectivity index (χ0v) is 9.63. The molecule has 6 nitrogen and oxygen atoms in total. The summed E-state index contributed by atoms with van der Waals surface area (Å²) in [6.07, 6.45) is 0. The van der Waals surface area contributed by atoms with E-state index >= 15 is 0 Å². The molecule has 1 N–H and O–H groups in total. The number of aryl methyl sites for hydroxylation is 2. The average Bonchev–Trinajstić information content (AvgIpc) is 2.52. The Morgan fingerprint density at radius 1 is 1.56 bits per heavy atom. The molecule has 2 aromatic heterocycles. The van der Waals surface area contributed by atoms with E-state index in [-0.39, 0.29) is 12.1 Å². The predicted octanol–water partition coefficient (Wildman–Crippen LogP) is 2.41. The summed E-state index contributed by atoms with van der Waals surface area (Å²) in [5, 5.41) is 4.00. The fourth-order valence-corrected chi connectivity index (χ4v) is 2.52. The van der Waals surface area contributed by atoms with Crippen LogP contribution in [0.1, 0.15) is 16.3 Å². The Morgan fingerprint density at radius 3 is 3.00 bits per heavy atom. The van der Waals surface area contributed by atoms with Crippen LogP contribution in [-0.2, 0) is 6.54 Å². The summed E-state index contributed by atoms with van der Waals surface area (Å²) in [5.74, 6) is 0.400. The minimum absolute atomic E-state index is 0.0671. The van der Waals surface area contributed by atoms with Gasteiger partial charge in [0.1, 0.15) is 10.7 Å². The average molecular weight is 235 g/mol. The fraction of sp³-hybridized carbons (Fsp3) is 0.333. The summed E-state index contributed by atoms with van der Waals surface area (Å²) in [5.41, 5.74) is 8.99. The van der Waals surface area contributed by atoms with E-state index in [1.54, 1.807) is 0 Å². The summed E-state index contributed by atoms with van der Waals surface area (Å²) in [6, 6.07) is 0. The molecule has 0 amide bonds. The van der Waals surface area contributed by atoms with Crippen molar-refractivity contribution in [1.82, 2.24) is 9.97 Å². The number of aromatic amines is 1. The maximum atomic E-state index is 11.8. The number of nitrogens with zero attached hydrogens (tertiary/aromatic N) is 4. The van der Waals surface area contributed by atoms with Crippen molar-refractivity contribution in [2.45, 2.75) is 20.4 Å². The van der Waals surface area contributed by atoms with Gasteiger partial charge in [0.15, 0.2) is 0 Å². The van der Waals surface area contributed by atoms with Crippen molar-refractivity contribution in [2.75, 3.05) is 0 Å². The van der Waals surface area contributed by atoms with Gasteiger partial charge in [-0.3, -0.25) is 4.79 Å². The van der Waals surface area contributed by atoms with Crippen LogP contribution in [0.3, 0.4) is 0 Å². The van der Waals surface area contributed by atoms with Crippen molar-refractivity contribution < 1.29 is 0 Å². The molecule has 82 valence electrons. The molecule has 0 aromatic carbocycles. The van der Waals surface area contributed by atoms with Crippen molar-refractivity contribution in [3.8, 4) is 0 Å². The number of azide groups is 1. The Hall–Kier alpha value is -1.85. The Kier molecular flexibility index (Phi) is 2.64. The fourth-order valence-electron chi connectivity index (χ4n) is 1.47. The van der Waals surface area contributed by atoms with Gasteiger partial charge in [0.25, 0.3) is 5.56 Å². The number of nitrogens with one attached hydrogen (secondary N) is 1. The molecule has 2 rings (SSSR count). The van der Waals surface area contributed by atoms with Crippen molar-refractivity contribution >= 4 is 21.6 Å². The molecule has 16 heavy (non-hydrogen) atoms. The molecule has 0 atom stereocenters. The highest BCUT2D eigenvalue weighted by atomic mass is 32.1. The minimum atomic E-state index is -0.171. The lowest BCUT2D eigenvalue weighted by molar-refractivity contribution is 0.906. The largest absolute Gasteiger partial charge is 0.310 e. The summed E-state index contributed by atoms with van der Waals surface area (Å²) in [4.78, 5) is 23.0. The van der Waals surface area contributed by atoms with Crippen LogP contribution in [0.25, 0.3) is 20.7 Å². The minimum Gasteiger partial charge on any atom is -0.310 e. The van der Waals surface area contributed by atoms with Crippen LogP contribution in [0.5, 0.6) is 0 Å². The quantitative estimate of drug-likeness (QED) is 0.491. The lowest BCUT2D eigenvalue weighted by Gasteiger charge is -1.95. The van der Waals surface area contributed by atoms with Gasteiger partial charge in [-0.2, -0.15) is 0 Å². The molecule has 7 heteroatoms. The zero-order valence-electron chi connectivity index (χ0n) is 8.81. The molecule has 0 unspecified atom stereocenters. The van der Waals surface area contributed by atoms with Gasteiger partial charge in [-0.1, -0.05) is 5.11 Å². The second-order valence-electron chi connectivity index (χ2n) is 3.37.